The van der Waals surface area contributed by atoms with Gasteiger partial charge in [-0.1, -0.05) is 6.92 Å². The number of piperidine rings is 1. The Balaban J connectivity index is 1.97. The topological polar surface area (TPSA) is 34.0 Å². The molecule has 0 amide bonds. The first-order chi connectivity index (χ1) is 9.98. The molecule has 4 nitrogen and oxygen atoms in total. The van der Waals surface area contributed by atoms with Crippen LogP contribution in [0.25, 0.3) is 11.0 Å². The summed E-state index contributed by atoms with van der Waals surface area (Å²) in [5, 5.41) is -0.0905. The molecule has 1 saturated heterocycles. The number of nitrogens with zero attached hydrogens (tertiary/aromatic N) is 4. The number of aromatic nitrogens is 3. The number of alkyl halides is 1. The summed E-state index contributed by atoms with van der Waals surface area (Å²) >= 11 is 6.35. The van der Waals surface area contributed by atoms with Crippen molar-refractivity contribution in [3.63, 3.8) is 0 Å². The Kier molecular flexibility index (Phi) is 3.93. The van der Waals surface area contributed by atoms with Crippen LogP contribution < -0.4 is 0 Å². The van der Waals surface area contributed by atoms with Crippen LogP contribution in [0.1, 0.15) is 37.9 Å². The van der Waals surface area contributed by atoms with Gasteiger partial charge in [-0.15, -0.1) is 11.6 Å². The molecule has 0 spiro atoms. The Morgan fingerprint density at radius 1 is 1.38 bits per heavy atom. The first-order valence-electron chi connectivity index (χ1n) is 7.61. The average molecular weight is 307 g/mol. The van der Waals surface area contributed by atoms with Crippen molar-refractivity contribution in [1.82, 2.24) is 19.4 Å². The number of imidazole rings is 1. The predicted molar refractivity (Wildman–Crippen MR) is 86.6 cm³/mol. The third-order valence-corrected chi connectivity index (χ3v) is 4.87. The first kappa shape index (κ1) is 14.8. The zero-order valence-electron chi connectivity index (χ0n) is 13.0. The molecule has 2 aromatic heterocycles. The minimum Gasteiger partial charge on any atom is -0.326 e. The molecule has 0 radical (unpaired) electrons. The first-order valence-corrected chi connectivity index (χ1v) is 8.05. The van der Waals surface area contributed by atoms with Crippen molar-refractivity contribution >= 4 is 22.6 Å². The van der Waals surface area contributed by atoms with E-state index in [1.165, 1.54) is 12.8 Å². The van der Waals surface area contributed by atoms with E-state index in [1.54, 1.807) is 0 Å². The van der Waals surface area contributed by atoms with Gasteiger partial charge in [0.1, 0.15) is 11.3 Å². The summed E-state index contributed by atoms with van der Waals surface area (Å²) in [6, 6.07) is 2.05. The van der Waals surface area contributed by atoms with Gasteiger partial charge in [0.2, 0.25) is 0 Å². The molecule has 0 saturated carbocycles. The van der Waals surface area contributed by atoms with Crippen molar-refractivity contribution in [2.75, 3.05) is 20.1 Å². The average Bonchev–Trinajstić information content (AvgIpc) is 2.82. The van der Waals surface area contributed by atoms with Crippen LogP contribution in [-0.2, 0) is 6.54 Å². The molecule has 1 atom stereocenters. The maximum atomic E-state index is 6.35. The molecule has 1 aliphatic heterocycles. The van der Waals surface area contributed by atoms with Gasteiger partial charge >= 0.3 is 0 Å². The molecule has 2 aromatic rings. The number of halogens is 1. The van der Waals surface area contributed by atoms with Gasteiger partial charge in [-0.2, -0.15) is 0 Å². The fraction of sp³-hybridized carbons (Fsp3) is 0.625. The Morgan fingerprint density at radius 2 is 2.10 bits per heavy atom. The smallest absolute Gasteiger partial charge is 0.127 e. The van der Waals surface area contributed by atoms with Crippen molar-refractivity contribution in [2.24, 2.45) is 5.41 Å². The van der Waals surface area contributed by atoms with Gasteiger partial charge in [0.25, 0.3) is 0 Å². The Labute approximate surface area is 131 Å². The summed E-state index contributed by atoms with van der Waals surface area (Å²) < 4.78 is 2.31. The monoisotopic (exact) mass is 306 g/mol. The fourth-order valence-electron chi connectivity index (χ4n) is 3.17. The van der Waals surface area contributed by atoms with Crippen molar-refractivity contribution in [3.05, 3.63) is 24.3 Å². The van der Waals surface area contributed by atoms with E-state index in [9.17, 15) is 0 Å². The molecule has 0 aromatic carbocycles. The van der Waals surface area contributed by atoms with Gasteiger partial charge in [0.15, 0.2) is 0 Å². The van der Waals surface area contributed by atoms with E-state index < -0.39 is 0 Å². The van der Waals surface area contributed by atoms with Crippen molar-refractivity contribution < 1.29 is 0 Å². The second-order valence-electron chi connectivity index (χ2n) is 6.65. The highest BCUT2D eigenvalue weighted by atomic mass is 35.5. The van der Waals surface area contributed by atoms with E-state index in [0.717, 1.165) is 36.5 Å². The van der Waals surface area contributed by atoms with Gasteiger partial charge < -0.3 is 9.47 Å². The molecular formula is C16H23ClN4. The minimum absolute atomic E-state index is 0.0905. The molecule has 1 fully saturated rings. The third-order valence-electron chi connectivity index (χ3n) is 4.67. The second kappa shape index (κ2) is 5.58. The lowest BCUT2D eigenvalue weighted by atomic mass is 9.80. The molecule has 1 aliphatic rings. The number of likely N-dealkylation sites (tertiary alicyclic amines) is 1. The van der Waals surface area contributed by atoms with E-state index >= 15 is 0 Å². The van der Waals surface area contributed by atoms with Crippen LogP contribution in [0.3, 0.4) is 0 Å². The summed E-state index contributed by atoms with van der Waals surface area (Å²) in [6.45, 7) is 7.68. The minimum atomic E-state index is -0.0905. The van der Waals surface area contributed by atoms with Crippen molar-refractivity contribution in [1.29, 1.82) is 0 Å². The number of hydrogen-bond acceptors (Lipinski definition) is 3. The number of pyridine rings is 1. The third kappa shape index (κ3) is 2.92. The van der Waals surface area contributed by atoms with Gasteiger partial charge in [-0.25, -0.2) is 4.98 Å². The molecule has 3 rings (SSSR count). The lowest BCUT2D eigenvalue weighted by Crippen LogP contribution is -2.38. The van der Waals surface area contributed by atoms with Crippen LogP contribution in [0.4, 0.5) is 0 Å². The molecule has 0 aliphatic carbocycles. The molecule has 0 N–H and O–H groups in total. The number of hydrogen-bond donors (Lipinski definition) is 0. The number of rotatable bonds is 3. The van der Waals surface area contributed by atoms with E-state index in [1.807, 2.05) is 25.4 Å². The van der Waals surface area contributed by atoms with Crippen LogP contribution in [0.2, 0.25) is 0 Å². The van der Waals surface area contributed by atoms with Gasteiger partial charge in [0, 0.05) is 12.7 Å². The Bertz CT molecular complexity index is 626. The maximum Gasteiger partial charge on any atom is 0.127 e. The van der Waals surface area contributed by atoms with E-state index in [4.69, 9.17) is 11.6 Å². The zero-order valence-corrected chi connectivity index (χ0v) is 13.8. The molecule has 3 heterocycles. The van der Waals surface area contributed by atoms with Crippen LogP contribution in [0.15, 0.2) is 18.5 Å². The van der Waals surface area contributed by atoms with Crippen LogP contribution in [0.5, 0.6) is 0 Å². The largest absolute Gasteiger partial charge is 0.326 e. The predicted octanol–water partition coefficient (Wildman–Crippen LogP) is 3.46. The standard InChI is InChI=1S/C16H23ClN4/c1-12(17)15-19-13-10-18-7-4-14(13)21(15)11-16(2)5-8-20(3)9-6-16/h4,7,10,12H,5-6,8-9,11H2,1-3H3. The van der Waals surface area contributed by atoms with Crippen molar-refractivity contribution in [3.8, 4) is 0 Å². The van der Waals surface area contributed by atoms with Gasteiger partial charge in [-0.05, 0) is 51.4 Å². The van der Waals surface area contributed by atoms with E-state index in [-0.39, 0.29) is 5.38 Å². The molecule has 0 bridgehead atoms. The number of fused-ring (bicyclic) bond motifs is 1. The molecule has 1 unspecified atom stereocenters. The van der Waals surface area contributed by atoms with Crippen molar-refractivity contribution in [2.45, 2.75) is 38.6 Å². The highest BCUT2D eigenvalue weighted by molar-refractivity contribution is 6.20. The highest BCUT2D eigenvalue weighted by Crippen LogP contribution is 2.35. The molecule has 114 valence electrons. The lowest BCUT2D eigenvalue weighted by molar-refractivity contribution is 0.121. The maximum absolute atomic E-state index is 6.35. The van der Waals surface area contributed by atoms with Crippen LogP contribution in [-0.4, -0.2) is 39.6 Å². The second-order valence-corrected chi connectivity index (χ2v) is 7.31. The molecular weight excluding hydrogens is 284 g/mol. The lowest BCUT2D eigenvalue weighted by Gasteiger charge is -2.38. The normalized spacial score (nSPS) is 20.8. The van der Waals surface area contributed by atoms with E-state index in [2.05, 4.69) is 33.4 Å². The Hall–Kier alpha value is -1.13. The fourth-order valence-corrected chi connectivity index (χ4v) is 3.33. The highest BCUT2D eigenvalue weighted by Gasteiger charge is 2.31. The zero-order chi connectivity index (χ0) is 15.0. The van der Waals surface area contributed by atoms with Crippen LogP contribution in [0, 0.1) is 5.41 Å². The van der Waals surface area contributed by atoms with Crippen LogP contribution >= 0.6 is 11.6 Å². The molecule has 5 heteroatoms. The summed E-state index contributed by atoms with van der Waals surface area (Å²) in [7, 11) is 2.20. The summed E-state index contributed by atoms with van der Waals surface area (Å²) in [5.74, 6) is 0.958. The summed E-state index contributed by atoms with van der Waals surface area (Å²) in [5.41, 5.74) is 2.40. The summed E-state index contributed by atoms with van der Waals surface area (Å²) in [6.07, 6.45) is 6.08. The summed E-state index contributed by atoms with van der Waals surface area (Å²) in [4.78, 5) is 11.3. The molecule has 21 heavy (non-hydrogen) atoms. The van der Waals surface area contributed by atoms with Gasteiger partial charge in [-0.3, -0.25) is 4.98 Å². The Morgan fingerprint density at radius 3 is 2.76 bits per heavy atom. The van der Waals surface area contributed by atoms with Gasteiger partial charge in [0.05, 0.1) is 17.1 Å². The SMILES string of the molecule is CC(Cl)c1nc2cnccc2n1CC1(C)CCN(C)CC1. The van der Waals surface area contributed by atoms with E-state index in [0.29, 0.717) is 5.41 Å². The quantitative estimate of drug-likeness (QED) is 0.814.